The van der Waals surface area contributed by atoms with Crippen molar-refractivity contribution in [1.29, 1.82) is 0 Å². The quantitative estimate of drug-likeness (QED) is 0.756. The Hall–Kier alpha value is -2.36. The molecule has 1 aliphatic carbocycles. The molecule has 0 N–H and O–H groups in total. The first-order valence-electron chi connectivity index (χ1n) is 9.14. The molecule has 0 bridgehead atoms. The standard InChI is InChI=1S/C21H26N2O2/c1-23(19-11-7-2-3-8-12-19)21(24)18-13-14-22-20(15-18)25-16-17-9-5-4-6-10-17/h4-6,9-10,13-15,19H,2-3,7-8,11-12,16H2,1H3. The molecule has 1 fully saturated rings. The van der Waals surface area contributed by atoms with Gasteiger partial charge in [-0.05, 0) is 24.5 Å². The number of hydrogen-bond donors (Lipinski definition) is 0. The Kier molecular flexibility index (Phi) is 6.04. The van der Waals surface area contributed by atoms with E-state index in [2.05, 4.69) is 4.98 Å². The molecule has 1 amide bonds. The fraction of sp³-hybridized carbons (Fsp3) is 0.429. The zero-order valence-electron chi connectivity index (χ0n) is 14.9. The Bertz CT molecular complexity index is 679. The van der Waals surface area contributed by atoms with Crippen LogP contribution in [0.25, 0.3) is 0 Å². The van der Waals surface area contributed by atoms with Crippen molar-refractivity contribution in [3.05, 3.63) is 59.8 Å². The lowest BCUT2D eigenvalue weighted by molar-refractivity contribution is 0.0717. The van der Waals surface area contributed by atoms with Crippen LogP contribution in [0, 0.1) is 0 Å². The van der Waals surface area contributed by atoms with E-state index >= 15 is 0 Å². The van der Waals surface area contributed by atoms with Gasteiger partial charge in [-0.1, -0.05) is 56.0 Å². The van der Waals surface area contributed by atoms with Gasteiger partial charge >= 0.3 is 0 Å². The van der Waals surface area contributed by atoms with Gasteiger partial charge in [0.15, 0.2) is 0 Å². The molecule has 3 rings (SSSR count). The molecule has 1 heterocycles. The molecular weight excluding hydrogens is 312 g/mol. The number of aromatic nitrogens is 1. The number of ether oxygens (including phenoxy) is 1. The molecule has 1 aromatic carbocycles. The van der Waals surface area contributed by atoms with Crippen molar-refractivity contribution in [3.8, 4) is 5.88 Å². The van der Waals surface area contributed by atoms with Crippen LogP contribution in [0.15, 0.2) is 48.7 Å². The Morgan fingerprint density at radius 3 is 2.56 bits per heavy atom. The molecule has 0 atom stereocenters. The van der Waals surface area contributed by atoms with E-state index in [-0.39, 0.29) is 5.91 Å². The average molecular weight is 338 g/mol. The highest BCUT2D eigenvalue weighted by Crippen LogP contribution is 2.23. The third-order valence-electron chi connectivity index (χ3n) is 4.90. The summed E-state index contributed by atoms with van der Waals surface area (Å²) in [7, 11) is 1.92. The Morgan fingerprint density at radius 2 is 1.84 bits per heavy atom. The molecule has 1 aliphatic rings. The van der Waals surface area contributed by atoms with Crippen molar-refractivity contribution < 1.29 is 9.53 Å². The number of amides is 1. The molecule has 0 saturated heterocycles. The first-order valence-corrected chi connectivity index (χ1v) is 9.14. The van der Waals surface area contributed by atoms with Gasteiger partial charge in [0.2, 0.25) is 5.88 Å². The van der Waals surface area contributed by atoms with Crippen molar-refractivity contribution in [1.82, 2.24) is 9.88 Å². The third kappa shape index (κ3) is 4.81. The number of pyridine rings is 1. The highest BCUT2D eigenvalue weighted by Gasteiger charge is 2.22. The number of carbonyl (C=O) groups is 1. The first kappa shape index (κ1) is 17.5. The maximum atomic E-state index is 12.8. The summed E-state index contributed by atoms with van der Waals surface area (Å²) >= 11 is 0. The molecule has 1 aromatic heterocycles. The lowest BCUT2D eigenvalue weighted by Crippen LogP contribution is -2.36. The zero-order chi connectivity index (χ0) is 17.5. The van der Waals surface area contributed by atoms with Crippen LogP contribution in [0.3, 0.4) is 0 Å². The van der Waals surface area contributed by atoms with Gasteiger partial charge in [0, 0.05) is 30.9 Å². The predicted octanol–water partition coefficient (Wildman–Crippen LogP) is 4.46. The van der Waals surface area contributed by atoms with Crippen LogP contribution in [0.5, 0.6) is 5.88 Å². The molecule has 0 unspecified atom stereocenters. The van der Waals surface area contributed by atoms with Crippen LogP contribution in [0.1, 0.15) is 54.4 Å². The van der Waals surface area contributed by atoms with E-state index in [1.165, 1.54) is 25.7 Å². The maximum absolute atomic E-state index is 12.8. The van der Waals surface area contributed by atoms with Gasteiger partial charge in [0.05, 0.1) is 0 Å². The molecule has 4 heteroatoms. The van der Waals surface area contributed by atoms with Gasteiger partial charge in [-0.3, -0.25) is 4.79 Å². The molecule has 2 aromatic rings. The van der Waals surface area contributed by atoms with Crippen LogP contribution >= 0.6 is 0 Å². The van der Waals surface area contributed by atoms with Crippen molar-refractivity contribution in [3.63, 3.8) is 0 Å². The van der Waals surface area contributed by atoms with Crippen molar-refractivity contribution in [2.24, 2.45) is 0 Å². The Labute approximate surface area is 149 Å². The second kappa shape index (κ2) is 8.65. The van der Waals surface area contributed by atoms with E-state index in [0.29, 0.717) is 24.1 Å². The van der Waals surface area contributed by atoms with E-state index in [4.69, 9.17) is 4.74 Å². The zero-order valence-corrected chi connectivity index (χ0v) is 14.9. The lowest BCUT2D eigenvalue weighted by Gasteiger charge is -2.27. The normalized spacial score (nSPS) is 15.4. The molecule has 0 radical (unpaired) electrons. The van der Waals surface area contributed by atoms with Crippen LogP contribution in [-0.4, -0.2) is 28.9 Å². The topological polar surface area (TPSA) is 42.4 Å². The SMILES string of the molecule is CN(C(=O)c1ccnc(OCc2ccccc2)c1)C1CCCCCC1. The molecular formula is C21H26N2O2. The Balaban J connectivity index is 1.64. The fourth-order valence-corrected chi connectivity index (χ4v) is 3.37. The van der Waals surface area contributed by atoms with E-state index < -0.39 is 0 Å². The summed E-state index contributed by atoms with van der Waals surface area (Å²) in [6.45, 7) is 0.448. The third-order valence-corrected chi connectivity index (χ3v) is 4.90. The van der Waals surface area contributed by atoms with E-state index in [0.717, 1.165) is 18.4 Å². The van der Waals surface area contributed by atoms with Gasteiger partial charge < -0.3 is 9.64 Å². The minimum absolute atomic E-state index is 0.0545. The summed E-state index contributed by atoms with van der Waals surface area (Å²) < 4.78 is 5.75. The van der Waals surface area contributed by atoms with Crippen LogP contribution in [0.4, 0.5) is 0 Å². The highest BCUT2D eigenvalue weighted by atomic mass is 16.5. The van der Waals surface area contributed by atoms with Crippen molar-refractivity contribution in [2.75, 3.05) is 7.05 Å². The second-order valence-corrected chi connectivity index (χ2v) is 6.72. The van der Waals surface area contributed by atoms with E-state index in [1.807, 2.05) is 42.3 Å². The highest BCUT2D eigenvalue weighted by molar-refractivity contribution is 5.94. The van der Waals surface area contributed by atoms with E-state index in [9.17, 15) is 4.79 Å². The number of rotatable bonds is 5. The summed E-state index contributed by atoms with van der Waals surface area (Å²) in [6, 6.07) is 13.8. The number of carbonyl (C=O) groups excluding carboxylic acids is 1. The second-order valence-electron chi connectivity index (χ2n) is 6.72. The Morgan fingerprint density at radius 1 is 1.12 bits per heavy atom. The summed E-state index contributed by atoms with van der Waals surface area (Å²) in [5, 5.41) is 0. The lowest BCUT2D eigenvalue weighted by atomic mass is 10.1. The molecule has 4 nitrogen and oxygen atoms in total. The van der Waals surface area contributed by atoms with Crippen molar-refractivity contribution >= 4 is 5.91 Å². The van der Waals surface area contributed by atoms with Crippen LogP contribution < -0.4 is 4.74 Å². The van der Waals surface area contributed by atoms with Crippen LogP contribution in [0.2, 0.25) is 0 Å². The smallest absolute Gasteiger partial charge is 0.254 e. The molecule has 0 spiro atoms. The average Bonchev–Trinajstić information content (AvgIpc) is 2.96. The molecule has 1 saturated carbocycles. The van der Waals surface area contributed by atoms with E-state index in [1.54, 1.807) is 18.3 Å². The van der Waals surface area contributed by atoms with Gasteiger partial charge in [-0.2, -0.15) is 0 Å². The molecule has 25 heavy (non-hydrogen) atoms. The summed E-state index contributed by atoms with van der Waals surface area (Å²) in [4.78, 5) is 19.0. The monoisotopic (exact) mass is 338 g/mol. The summed E-state index contributed by atoms with van der Waals surface area (Å²) in [5.41, 5.74) is 1.72. The molecule has 132 valence electrons. The fourth-order valence-electron chi connectivity index (χ4n) is 3.37. The number of hydrogen-bond acceptors (Lipinski definition) is 3. The molecule has 0 aliphatic heterocycles. The number of benzene rings is 1. The van der Waals surface area contributed by atoms with Gasteiger partial charge in [-0.25, -0.2) is 4.98 Å². The van der Waals surface area contributed by atoms with Gasteiger partial charge in [-0.15, -0.1) is 0 Å². The minimum Gasteiger partial charge on any atom is -0.473 e. The van der Waals surface area contributed by atoms with Crippen LogP contribution in [-0.2, 0) is 6.61 Å². The largest absolute Gasteiger partial charge is 0.473 e. The summed E-state index contributed by atoms with van der Waals surface area (Å²) in [6.07, 6.45) is 8.84. The van der Waals surface area contributed by atoms with Crippen molar-refractivity contribution in [2.45, 2.75) is 51.2 Å². The minimum atomic E-state index is 0.0545. The van der Waals surface area contributed by atoms with Gasteiger partial charge in [0.25, 0.3) is 5.91 Å². The number of nitrogens with zero attached hydrogens (tertiary/aromatic N) is 2. The summed E-state index contributed by atoms with van der Waals surface area (Å²) in [5.74, 6) is 0.544. The van der Waals surface area contributed by atoms with Gasteiger partial charge in [0.1, 0.15) is 6.61 Å². The maximum Gasteiger partial charge on any atom is 0.254 e. The predicted molar refractivity (Wildman–Crippen MR) is 98.6 cm³/mol. The first-order chi connectivity index (χ1) is 12.2.